The minimum Gasteiger partial charge on any atom is -0.493 e. The Kier molecular flexibility index (Phi) is 8.72. The van der Waals surface area contributed by atoms with Gasteiger partial charge < -0.3 is 9.64 Å². The number of hydrogen-bond acceptors (Lipinski definition) is 4. The van der Waals surface area contributed by atoms with Gasteiger partial charge in [0.1, 0.15) is 10.8 Å². The van der Waals surface area contributed by atoms with Crippen molar-refractivity contribution in [2.24, 2.45) is 0 Å². The fraction of sp³-hybridized carbons (Fsp3) is 0.400. The van der Waals surface area contributed by atoms with Crippen LogP contribution in [0.4, 0.5) is 0 Å². The van der Waals surface area contributed by atoms with Crippen LogP contribution in [0.2, 0.25) is 0 Å². The largest absolute Gasteiger partial charge is 0.493 e. The van der Waals surface area contributed by atoms with Gasteiger partial charge in [-0.3, -0.25) is 0 Å². The summed E-state index contributed by atoms with van der Waals surface area (Å²) >= 11 is 1.71. The molecular weight excluding hydrogens is 376 g/mol. The summed E-state index contributed by atoms with van der Waals surface area (Å²) in [7, 11) is 0. The maximum absolute atomic E-state index is 6.10. The van der Waals surface area contributed by atoms with Crippen molar-refractivity contribution in [3.05, 3.63) is 59.1 Å². The number of thiazole rings is 1. The predicted molar refractivity (Wildman–Crippen MR) is 127 cm³/mol. The van der Waals surface area contributed by atoms with Crippen LogP contribution in [-0.2, 0) is 0 Å². The van der Waals surface area contributed by atoms with E-state index < -0.39 is 0 Å². The molecule has 154 valence electrons. The first-order valence-electron chi connectivity index (χ1n) is 10.8. The van der Waals surface area contributed by atoms with Crippen LogP contribution in [0.3, 0.4) is 0 Å². The number of rotatable bonds is 12. The molecule has 4 heteroatoms. The van der Waals surface area contributed by atoms with Gasteiger partial charge in [-0.1, -0.05) is 44.2 Å². The van der Waals surface area contributed by atoms with Gasteiger partial charge in [-0.15, -0.1) is 11.3 Å². The summed E-state index contributed by atoms with van der Waals surface area (Å²) in [4.78, 5) is 7.24. The Morgan fingerprint density at radius 1 is 0.897 bits per heavy atom. The van der Waals surface area contributed by atoms with Gasteiger partial charge in [0.05, 0.1) is 16.8 Å². The molecule has 0 aliphatic heterocycles. The van der Waals surface area contributed by atoms with E-state index in [1.54, 1.807) is 11.3 Å². The van der Waals surface area contributed by atoms with Crippen LogP contribution in [0.5, 0.6) is 5.75 Å². The normalized spacial score (nSPS) is 11.7. The van der Waals surface area contributed by atoms with Crippen molar-refractivity contribution < 1.29 is 4.74 Å². The van der Waals surface area contributed by atoms with E-state index in [1.807, 2.05) is 12.1 Å². The van der Waals surface area contributed by atoms with Gasteiger partial charge in [-0.05, 0) is 75.7 Å². The van der Waals surface area contributed by atoms with Crippen molar-refractivity contribution in [2.45, 2.75) is 39.5 Å². The standard InChI is InChI=1S/C25H32N2OS/c1-3-17-27(18-4-2)19-9-10-20-28-23-13-7-5-11-21(23)15-16-25-26-22-12-6-8-14-24(22)29-25/h5-8,11-16H,3-4,9-10,17-20H2,1-2H3/b16-15+. The molecule has 0 N–H and O–H groups in total. The quantitative estimate of drug-likeness (QED) is 0.310. The van der Waals surface area contributed by atoms with E-state index in [-0.39, 0.29) is 0 Å². The van der Waals surface area contributed by atoms with Crippen molar-refractivity contribution in [1.82, 2.24) is 9.88 Å². The number of hydrogen-bond donors (Lipinski definition) is 0. The molecule has 0 spiro atoms. The third-order valence-electron chi connectivity index (χ3n) is 4.84. The number of unbranched alkanes of at least 4 members (excludes halogenated alkanes) is 1. The van der Waals surface area contributed by atoms with E-state index in [4.69, 9.17) is 4.74 Å². The number of benzene rings is 2. The van der Waals surface area contributed by atoms with E-state index in [0.717, 1.165) is 34.9 Å². The number of nitrogens with zero attached hydrogens (tertiary/aromatic N) is 2. The zero-order valence-corrected chi connectivity index (χ0v) is 18.5. The average molecular weight is 409 g/mol. The smallest absolute Gasteiger partial charge is 0.126 e. The average Bonchev–Trinajstić information content (AvgIpc) is 3.16. The molecule has 3 aromatic rings. The minimum absolute atomic E-state index is 0.762. The lowest BCUT2D eigenvalue weighted by atomic mass is 10.2. The zero-order chi connectivity index (χ0) is 20.3. The Balaban J connectivity index is 1.52. The molecule has 0 bridgehead atoms. The van der Waals surface area contributed by atoms with Crippen molar-refractivity contribution in [3.63, 3.8) is 0 Å². The number of fused-ring (bicyclic) bond motifs is 1. The molecule has 1 aromatic heterocycles. The fourth-order valence-electron chi connectivity index (χ4n) is 3.46. The molecule has 2 aromatic carbocycles. The van der Waals surface area contributed by atoms with Crippen molar-refractivity contribution in [1.29, 1.82) is 0 Å². The van der Waals surface area contributed by atoms with Crippen LogP contribution in [0.25, 0.3) is 22.4 Å². The molecular formula is C25H32N2OS. The molecule has 3 nitrogen and oxygen atoms in total. The first-order valence-corrected chi connectivity index (χ1v) is 11.6. The maximum atomic E-state index is 6.10. The number of ether oxygens (including phenoxy) is 1. The van der Waals surface area contributed by atoms with Crippen LogP contribution in [-0.4, -0.2) is 36.1 Å². The van der Waals surface area contributed by atoms with Crippen LogP contribution in [0.1, 0.15) is 50.1 Å². The van der Waals surface area contributed by atoms with Crippen molar-refractivity contribution in [2.75, 3.05) is 26.2 Å². The Morgan fingerprint density at radius 3 is 2.45 bits per heavy atom. The summed E-state index contributed by atoms with van der Waals surface area (Å²) in [6.45, 7) is 8.85. The third kappa shape index (κ3) is 6.69. The minimum atomic E-state index is 0.762. The Hall–Kier alpha value is -2.17. The lowest BCUT2D eigenvalue weighted by Gasteiger charge is -2.20. The van der Waals surface area contributed by atoms with E-state index >= 15 is 0 Å². The molecule has 0 saturated carbocycles. The van der Waals surface area contributed by atoms with Crippen LogP contribution >= 0.6 is 11.3 Å². The third-order valence-corrected chi connectivity index (χ3v) is 5.84. The molecule has 0 amide bonds. The Bertz CT molecular complexity index is 863. The first-order chi connectivity index (χ1) is 14.3. The monoisotopic (exact) mass is 408 g/mol. The van der Waals surface area contributed by atoms with Gasteiger partial charge in [0.15, 0.2) is 0 Å². The summed E-state index contributed by atoms with van der Waals surface area (Å²) in [5.41, 5.74) is 2.16. The summed E-state index contributed by atoms with van der Waals surface area (Å²) in [5, 5.41) is 1.02. The molecule has 0 aliphatic carbocycles. The highest BCUT2D eigenvalue weighted by Gasteiger charge is 2.04. The molecule has 0 radical (unpaired) electrons. The van der Waals surface area contributed by atoms with Crippen molar-refractivity contribution in [3.8, 4) is 5.75 Å². The summed E-state index contributed by atoms with van der Waals surface area (Å²) < 4.78 is 7.32. The predicted octanol–water partition coefficient (Wildman–Crippen LogP) is 6.75. The first kappa shape index (κ1) is 21.5. The summed E-state index contributed by atoms with van der Waals surface area (Å²) in [6.07, 6.45) is 8.91. The molecule has 0 saturated heterocycles. The number of para-hydroxylation sites is 2. The van der Waals surface area contributed by atoms with Gasteiger partial charge in [-0.25, -0.2) is 4.98 Å². The highest BCUT2D eigenvalue weighted by atomic mass is 32.1. The molecule has 0 atom stereocenters. The Morgan fingerprint density at radius 2 is 1.66 bits per heavy atom. The molecule has 0 fully saturated rings. The maximum Gasteiger partial charge on any atom is 0.126 e. The van der Waals surface area contributed by atoms with E-state index in [1.165, 1.54) is 43.6 Å². The summed E-state index contributed by atoms with van der Waals surface area (Å²) in [5.74, 6) is 0.948. The highest BCUT2D eigenvalue weighted by Crippen LogP contribution is 2.25. The second-order valence-electron chi connectivity index (χ2n) is 7.29. The summed E-state index contributed by atoms with van der Waals surface area (Å²) in [6, 6.07) is 16.5. The van der Waals surface area contributed by atoms with Gasteiger partial charge in [-0.2, -0.15) is 0 Å². The zero-order valence-electron chi connectivity index (χ0n) is 17.6. The molecule has 0 unspecified atom stereocenters. The lowest BCUT2D eigenvalue weighted by Crippen LogP contribution is -2.26. The van der Waals surface area contributed by atoms with E-state index in [0.29, 0.717) is 0 Å². The number of aromatic nitrogens is 1. The lowest BCUT2D eigenvalue weighted by molar-refractivity contribution is 0.250. The van der Waals surface area contributed by atoms with E-state index in [2.05, 4.69) is 72.3 Å². The Labute approximate surface area is 179 Å². The van der Waals surface area contributed by atoms with Gasteiger partial charge in [0.2, 0.25) is 0 Å². The van der Waals surface area contributed by atoms with Crippen molar-refractivity contribution >= 4 is 33.7 Å². The molecule has 0 aliphatic rings. The van der Waals surface area contributed by atoms with Gasteiger partial charge in [0.25, 0.3) is 0 Å². The molecule has 3 rings (SSSR count). The molecule has 29 heavy (non-hydrogen) atoms. The van der Waals surface area contributed by atoms with Gasteiger partial charge in [0, 0.05) is 5.56 Å². The topological polar surface area (TPSA) is 25.4 Å². The fourth-order valence-corrected chi connectivity index (χ4v) is 4.33. The second kappa shape index (κ2) is 11.7. The van der Waals surface area contributed by atoms with Crippen LogP contribution in [0, 0.1) is 0 Å². The van der Waals surface area contributed by atoms with Gasteiger partial charge >= 0.3 is 0 Å². The second-order valence-corrected chi connectivity index (χ2v) is 8.35. The highest BCUT2D eigenvalue weighted by molar-refractivity contribution is 7.19. The SMILES string of the molecule is CCCN(CCC)CCCCOc1ccccc1/C=C/c1nc2ccccc2s1. The van der Waals surface area contributed by atoms with E-state index in [9.17, 15) is 0 Å². The van der Waals surface area contributed by atoms with Crippen LogP contribution in [0.15, 0.2) is 48.5 Å². The van der Waals surface area contributed by atoms with Crippen LogP contribution < -0.4 is 4.74 Å². The molecule has 1 heterocycles.